The lowest BCUT2D eigenvalue weighted by molar-refractivity contribution is -0.0811. The molecule has 0 saturated carbocycles. The first-order chi connectivity index (χ1) is 13.7. The predicted molar refractivity (Wildman–Crippen MR) is 103 cm³/mol. The molecule has 1 aromatic heterocycles. The molecule has 1 N–H and O–H groups in total. The van der Waals surface area contributed by atoms with E-state index in [1.807, 2.05) is 30.3 Å². The summed E-state index contributed by atoms with van der Waals surface area (Å²) in [6, 6.07) is 14.1. The number of aliphatic hydroxyl groups excluding tert-OH is 1. The number of ether oxygens (including phenoxy) is 1. The first kappa shape index (κ1) is 18.6. The number of nitrogens with zero attached hydrogens (tertiary/aromatic N) is 4. The Morgan fingerprint density at radius 1 is 1.18 bits per heavy atom. The van der Waals surface area contributed by atoms with Crippen LogP contribution in [0.5, 0.6) is 0 Å². The molecule has 144 valence electrons. The molecule has 2 aromatic carbocycles. The van der Waals surface area contributed by atoms with Gasteiger partial charge in [-0.15, -0.1) is 10.2 Å². The van der Waals surface area contributed by atoms with Crippen molar-refractivity contribution in [1.29, 1.82) is 0 Å². The van der Waals surface area contributed by atoms with E-state index in [-0.39, 0.29) is 12.5 Å². The fourth-order valence-corrected chi connectivity index (χ4v) is 3.74. The van der Waals surface area contributed by atoms with Crippen molar-refractivity contribution >= 4 is 17.5 Å². The minimum absolute atomic E-state index is 0.151. The van der Waals surface area contributed by atoms with Crippen LogP contribution in [0.3, 0.4) is 0 Å². The first-order valence-electron chi connectivity index (χ1n) is 8.92. The summed E-state index contributed by atoms with van der Waals surface area (Å²) < 4.78 is 7.46. The number of rotatable bonds is 4. The zero-order chi connectivity index (χ0) is 19.5. The number of amides is 1. The number of hydrogen-bond donors (Lipinski definition) is 1. The average molecular weight is 399 g/mol. The second-order valence-electron chi connectivity index (χ2n) is 6.48. The molecule has 28 heavy (non-hydrogen) atoms. The van der Waals surface area contributed by atoms with Gasteiger partial charge in [-0.25, -0.2) is 0 Å². The molecule has 1 fully saturated rings. The highest BCUT2D eigenvalue weighted by Gasteiger charge is 2.37. The largest absolute Gasteiger partial charge is 0.394 e. The molecule has 8 heteroatoms. The summed E-state index contributed by atoms with van der Waals surface area (Å²) >= 11 is 6.40. The van der Waals surface area contributed by atoms with Gasteiger partial charge >= 0.3 is 0 Å². The van der Waals surface area contributed by atoms with E-state index in [0.29, 0.717) is 23.7 Å². The molecule has 0 spiro atoms. The fourth-order valence-electron chi connectivity index (χ4n) is 3.50. The van der Waals surface area contributed by atoms with Crippen LogP contribution in [-0.2, 0) is 4.74 Å². The van der Waals surface area contributed by atoms with Gasteiger partial charge in [0, 0.05) is 22.8 Å². The third-order valence-corrected chi connectivity index (χ3v) is 5.17. The Hall–Kier alpha value is -2.74. The SMILES string of the molecule is O=C(c1cccc(-n2cnnc2)c1)N1CCO[C@@H](CO)[C@@H]1c1ccccc1Cl. The first-order valence-corrected chi connectivity index (χ1v) is 9.30. The highest BCUT2D eigenvalue weighted by molar-refractivity contribution is 6.31. The molecule has 3 aromatic rings. The van der Waals surface area contributed by atoms with Crippen LogP contribution in [0.4, 0.5) is 0 Å². The highest BCUT2D eigenvalue weighted by Crippen LogP contribution is 2.34. The maximum Gasteiger partial charge on any atom is 0.254 e. The maximum absolute atomic E-state index is 13.4. The predicted octanol–water partition coefficient (Wildman–Crippen LogP) is 2.50. The van der Waals surface area contributed by atoms with Crippen molar-refractivity contribution < 1.29 is 14.6 Å². The van der Waals surface area contributed by atoms with Gasteiger partial charge in [0.2, 0.25) is 0 Å². The average Bonchev–Trinajstić information content (AvgIpc) is 3.28. The van der Waals surface area contributed by atoms with E-state index < -0.39 is 12.1 Å². The van der Waals surface area contributed by atoms with Gasteiger partial charge in [-0.05, 0) is 29.8 Å². The molecule has 1 saturated heterocycles. The number of aliphatic hydroxyl groups is 1. The minimum atomic E-state index is -0.543. The van der Waals surface area contributed by atoms with E-state index in [4.69, 9.17) is 16.3 Å². The second kappa shape index (κ2) is 8.10. The molecule has 4 rings (SSSR count). The Morgan fingerprint density at radius 2 is 1.96 bits per heavy atom. The number of benzene rings is 2. The lowest BCUT2D eigenvalue weighted by Crippen LogP contribution is -2.49. The van der Waals surface area contributed by atoms with Crippen LogP contribution < -0.4 is 0 Å². The number of aromatic nitrogens is 3. The topological polar surface area (TPSA) is 80.5 Å². The van der Waals surface area contributed by atoms with Crippen molar-refractivity contribution in [2.75, 3.05) is 19.8 Å². The number of halogens is 1. The Kier molecular flexibility index (Phi) is 5.38. The number of carbonyl (C=O) groups excluding carboxylic acids is 1. The van der Waals surface area contributed by atoms with Crippen molar-refractivity contribution in [3.05, 3.63) is 77.3 Å². The van der Waals surface area contributed by atoms with E-state index in [9.17, 15) is 9.90 Å². The molecule has 1 aliphatic rings. The van der Waals surface area contributed by atoms with E-state index in [1.54, 1.807) is 40.3 Å². The molecular weight excluding hydrogens is 380 g/mol. The molecule has 2 atom stereocenters. The summed E-state index contributed by atoms with van der Waals surface area (Å²) in [6.45, 7) is 0.547. The Labute approximate surface area is 167 Å². The number of hydrogen-bond acceptors (Lipinski definition) is 5. The molecule has 1 aliphatic heterocycles. The summed E-state index contributed by atoms with van der Waals surface area (Å²) in [7, 11) is 0. The van der Waals surface area contributed by atoms with Gasteiger partial charge in [-0.3, -0.25) is 9.36 Å². The highest BCUT2D eigenvalue weighted by atomic mass is 35.5. The molecular formula is C20H19ClN4O3. The molecule has 1 amide bonds. The Morgan fingerprint density at radius 3 is 2.71 bits per heavy atom. The van der Waals surface area contributed by atoms with Gasteiger partial charge in [-0.1, -0.05) is 35.9 Å². The van der Waals surface area contributed by atoms with E-state index in [2.05, 4.69) is 10.2 Å². The summed E-state index contributed by atoms with van der Waals surface area (Å²) in [5.74, 6) is -0.151. The monoisotopic (exact) mass is 398 g/mol. The van der Waals surface area contributed by atoms with Gasteiger partial charge in [-0.2, -0.15) is 0 Å². The number of carbonyl (C=O) groups is 1. The third kappa shape index (κ3) is 3.52. The standard InChI is InChI=1S/C20H19ClN4O3/c21-17-7-2-1-6-16(17)19-18(11-26)28-9-8-25(19)20(27)14-4-3-5-15(10-14)24-12-22-23-13-24/h1-7,10,12-13,18-19,26H,8-9,11H2/t18-,19-/m0/s1. The molecule has 2 heterocycles. The van der Waals surface area contributed by atoms with Gasteiger partial charge < -0.3 is 14.7 Å². The summed E-state index contributed by atoms with van der Waals surface area (Å²) in [4.78, 5) is 15.1. The molecule has 0 radical (unpaired) electrons. The lowest BCUT2D eigenvalue weighted by Gasteiger charge is -2.41. The summed E-state index contributed by atoms with van der Waals surface area (Å²) in [5, 5.41) is 18.0. The summed E-state index contributed by atoms with van der Waals surface area (Å²) in [5.41, 5.74) is 2.07. The second-order valence-corrected chi connectivity index (χ2v) is 6.88. The molecule has 7 nitrogen and oxygen atoms in total. The van der Waals surface area contributed by atoms with E-state index in [1.165, 1.54) is 0 Å². The number of morpholine rings is 1. The van der Waals surface area contributed by atoms with Crippen LogP contribution in [0.25, 0.3) is 5.69 Å². The van der Waals surface area contributed by atoms with Crippen LogP contribution in [0.1, 0.15) is 22.0 Å². The van der Waals surface area contributed by atoms with Crippen molar-refractivity contribution in [3.63, 3.8) is 0 Å². The lowest BCUT2D eigenvalue weighted by atomic mass is 9.97. The van der Waals surface area contributed by atoms with Gasteiger partial charge in [0.25, 0.3) is 5.91 Å². The van der Waals surface area contributed by atoms with Crippen LogP contribution in [-0.4, -0.2) is 56.5 Å². The van der Waals surface area contributed by atoms with Gasteiger partial charge in [0.1, 0.15) is 18.8 Å². The van der Waals surface area contributed by atoms with E-state index >= 15 is 0 Å². The summed E-state index contributed by atoms with van der Waals surface area (Å²) in [6.07, 6.45) is 2.61. The molecule has 0 unspecified atom stereocenters. The van der Waals surface area contributed by atoms with Crippen molar-refractivity contribution in [3.8, 4) is 5.69 Å². The van der Waals surface area contributed by atoms with Gasteiger partial charge in [0.15, 0.2) is 0 Å². The smallest absolute Gasteiger partial charge is 0.254 e. The third-order valence-electron chi connectivity index (χ3n) is 4.83. The molecule has 0 bridgehead atoms. The van der Waals surface area contributed by atoms with Crippen LogP contribution in [0.15, 0.2) is 61.2 Å². The van der Waals surface area contributed by atoms with Crippen molar-refractivity contribution in [2.24, 2.45) is 0 Å². The van der Waals surface area contributed by atoms with Gasteiger partial charge in [0.05, 0.1) is 19.3 Å². The van der Waals surface area contributed by atoms with Crippen LogP contribution >= 0.6 is 11.6 Å². The van der Waals surface area contributed by atoms with Crippen LogP contribution in [0.2, 0.25) is 5.02 Å². The van der Waals surface area contributed by atoms with E-state index in [0.717, 1.165) is 11.3 Å². The normalized spacial score (nSPS) is 19.6. The maximum atomic E-state index is 13.4. The quantitative estimate of drug-likeness (QED) is 0.730. The zero-order valence-corrected chi connectivity index (χ0v) is 15.7. The molecule has 0 aliphatic carbocycles. The fraction of sp³-hybridized carbons (Fsp3) is 0.250. The zero-order valence-electron chi connectivity index (χ0n) is 15.0. The van der Waals surface area contributed by atoms with Crippen molar-refractivity contribution in [2.45, 2.75) is 12.1 Å². The van der Waals surface area contributed by atoms with Crippen LogP contribution in [0, 0.1) is 0 Å². The minimum Gasteiger partial charge on any atom is -0.394 e. The Bertz CT molecular complexity index is 964. The Balaban J connectivity index is 1.70. The van der Waals surface area contributed by atoms with Crippen molar-refractivity contribution in [1.82, 2.24) is 19.7 Å².